The molecule has 4 rings (SSSR count). The zero-order valence-electron chi connectivity index (χ0n) is 19.3. The maximum absolute atomic E-state index is 6.65. The van der Waals surface area contributed by atoms with Crippen LogP contribution in [0.5, 0.6) is 5.75 Å². The second-order valence-corrected chi connectivity index (χ2v) is 10.9. The van der Waals surface area contributed by atoms with Gasteiger partial charge in [0.1, 0.15) is 5.75 Å². The van der Waals surface area contributed by atoms with Gasteiger partial charge in [-0.15, -0.1) is 0 Å². The van der Waals surface area contributed by atoms with E-state index in [1.807, 2.05) is 0 Å². The first-order chi connectivity index (χ1) is 14.0. The molecule has 3 fully saturated rings. The second-order valence-electron chi connectivity index (χ2n) is 10.9. The molecular formula is C27H42O2. The molecule has 0 saturated heterocycles. The van der Waals surface area contributed by atoms with Gasteiger partial charge < -0.3 is 9.47 Å². The molecule has 1 aromatic carbocycles. The maximum Gasteiger partial charge on any atom is 0.202 e. The molecule has 0 aromatic heterocycles. The summed E-state index contributed by atoms with van der Waals surface area (Å²) in [6.07, 6.45) is 9.77. The predicted octanol–water partition coefficient (Wildman–Crippen LogP) is 7.43. The molecule has 0 N–H and O–H groups in total. The number of hydrogen-bond acceptors (Lipinski definition) is 2. The smallest absolute Gasteiger partial charge is 0.202 e. The monoisotopic (exact) mass is 398 g/mol. The summed E-state index contributed by atoms with van der Waals surface area (Å²) in [5.74, 6) is 6.37. The summed E-state index contributed by atoms with van der Waals surface area (Å²) in [6.45, 7) is 11.4. The van der Waals surface area contributed by atoms with Gasteiger partial charge in [-0.2, -0.15) is 0 Å². The number of benzene rings is 1. The van der Waals surface area contributed by atoms with Gasteiger partial charge in [0.2, 0.25) is 6.29 Å². The topological polar surface area (TPSA) is 18.5 Å². The van der Waals surface area contributed by atoms with Crippen LogP contribution in [0.15, 0.2) is 24.3 Å². The first-order valence-corrected chi connectivity index (χ1v) is 12.4. The molecule has 2 nitrogen and oxygen atoms in total. The highest BCUT2D eigenvalue weighted by Crippen LogP contribution is 2.59. The van der Waals surface area contributed by atoms with Gasteiger partial charge in [0.25, 0.3) is 0 Å². The van der Waals surface area contributed by atoms with Crippen molar-refractivity contribution in [1.82, 2.24) is 0 Å². The largest absolute Gasteiger partial charge is 0.465 e. The lowest BCUT2D eigenvalue weighted by atomic mass is 9.80. The molecule has 7 unspecified atom stereocenters. The van der Waals surface area contributed by atoms with Crippen molar-refractivity contribution in [1.29, 1.82) is 0 Å². The molecule has 29 heavy (non-hydrogen) atoms. The van der Waals surface area contributed by atoms with Crippen molar-refractivity contribution in [2.24, 2.45) is 35.5 Å². The van der Waals surface area contributed by atoms with Crippen LogP contribution in [0.2, 0.25) is 0 Å². The SMILES string of the molecule is CCC(CC(C)C)c1ccc(OC(OC2CC3CC2C2CCCC32)C(C)C)cc1. The van der Waals surface area contributed by atoms with Gasteiger partial charge in [0, 0.05) is 5.92 Å². The van der Waals surface area contributed by atoms with Crippen LogP contribution in [-0.4, -0.2) is 12.4 Å². The molecule has 0 amide bonds. The molecule has 0 spiro atoms. The van der Waals surface area contributed by atoms with E-state index in [0.717, 1.165) is 35.3 Å². The molecule has 7 atom stereocenters. The van der Waals surface area contributed by atoms with E-state index in [0.29, 0.717) is 17.9 Å². The van der Waals surface area contributed by atoms with Crippen molar-refractivity contribution >= 4 is 0 Å². The Labute approximate surface area is 178 Å². The molecular weight excluding hydrogens is 356 g/mol. The van der Waals surface area contributed by atoms with E-state index in [1.54, 1.807) is 0 Å². The minimum absolute atomic E-state index is 0.136. The van der Waals surface area contributed by atoms with Crippen LogP contribution in [0.4, 0.5) is 0 Å². The van der Waals surface area contributed by atoms with Crippen LogP contribution in [0.1, 0.15) is 91.0 Å². The number of ether oxygens (including phenoxy) is 2. The van der Waals surface area contributed by atoms with Crippen LogP contribution in [0, 0.1) is 35.5 Å². The summed E-state index contributed by atoms with van der Waals surface area (Å²) in [5, 5.41) is 0. The van der Waals surface area contributed by atoms with E-state index >= 15 is 0 Å². The van der Waals surface area contributed by atoms with Crippen LogP contribution in [0.25, 0.3) is 0 Å². The lowest BCUT2D eigenvalue weighted by Crippen LogP contribution is -2.37. The van der Waals surface area contributed by atoms with Gasteiger partial charge in [-0.25, -0.2) is 0 Å². The Balaban J connectivity index is 1.37. The Kier molecular flexibility index (Phi) is 6.59. The van der Waals surface area contributed by atoms with Crippen LogP contribution >= 0.6 is 0 Å². The van der Waals surface area contributed by atoms with E-state index in [-0.39, 0.29) is 6.29 Å². The summed E-state index contributed by atoms with van der Waals surface area (Å²) in [6, 6.07) is 8.85. The van der Waals surface area contributed by atoms with Gasteiger partial charge in [0.05, 0.1) is 6.10 Å². The first kappa shape index (κ1) is 21.2. The molecule has 162 valence electrons. The lowest BCUT2D eigenvalue weighted by molar-refractivity contribution is -0.162. The standard InChI is InChI=1S/C27H42O2/c1-6-19(14-17(2)3)20-10-12-22(13-11-20)28-27(18(4)5)29-26-16-21-15-25(26)24-9-7-8-23(21)24/h10-13,17-19,21,23-27H,6-9,14-16H2,1-5H3. The quantitative estimate of drug-likeness (QED) is 0.403. The van der Waals surface area contributed by atoms with Crippen LogP contribution in [0.3, 0.4) is 0 Å². The molecule has 3 saturated carbocycles. The molecule has 0 radical (unpaired) electrons. The third-order valence-corrected chi connectivity index (χ3v) is 8.07. The highest BCUT2D eigenvalue weighted by Gasteiger charge is 2.54. The van der Waals surface area contributed by atoms with Crippen molar-refractivity contribution in [2.45, 2.75) is 97.9 Å². The predicted molar refractivity (Wildman–Crippen MR) is 120 cm³/mol. The summed E-state index contributed by atoms with van der Waals surface area (Å²) < 4.78 is 13.0. The highest BCUT2D eigenvalue weighted by molar-refractivity contribution is 5.29. The fourth-order valence-electron chi connectivity index (χ4n) is 6.72. The Morgan fingerprint density at radius 3 is 2.31 bits per heavy atom. The Morgan fingerprint density at radius 1 is 0.931 bits per heavy atom. The second kappa shape index (κ2) is 9.00. The third kappa shape index (κ3) is 4.53. The minimum atomic E-state index is -0.136. The molecule has 1 aromatic rings. The van der Waals surface area contributed by atoms with E-state index < -0.39 is 0 Å². The summed E-state index contributed by atoms with van der Waals surface area (Å²) >= 11 is 0. The lowest BCUT2D eigenvalue weighted by Gasteiger charge is -2.35. The molecule has 0 heterocycles. The number of rotatable bonds is 9. The Hall–Kier alpha value is -1.02. The zero-order valence-corrected chi connectivity index (χ0v) is 19.3. The van der Waals surface area contributed by atoms with Gasteiger partial charge >= 0.3 is 0 Å². The summed E-state index contributed by atoms with van der Waals surface area (Å²) in [7, 11) is 0. The molecule has 2 bridgehead atoms. The van der Waals surface area contributed by atoms with Crippen molar-refractivity contribution in [3.63, 3.8) is 0 Å². The fourth-order valence-corrected chi connectivity index (χ4v) is 6.72. The molecule has 3 aliphatic rings. The van der Waals surface area contributed by atoms with Gasteiger partial charge in [0.15, 0.2) is 0 Å². The van der Waals surface area contributed by atoms with E-state index in [9.17, 15) is 0 Å². The molecule has 0 aliphatic heterocycles. The van der Waals surface area contributed by atoms with Gasteiger partial charge in [-0.1, -0.05) is 53.2 Å². The average molecular weight is 399 g/mol. The van der Waals surface area contributed by atoms with Crippen LogP contribution < -0.4 is 4.74 Å². The summed E-state index contributed by atoms with van der Waals surface area (Å²) in [4.78, 5) is 0. The van der Waals surface area contributed by atoms with Crippen molar-refractivity contribution < 1.29 is 9.47 Å². The van der Waals surface area contributed by atoms with Gasteiger partial charge in [-0.05, 0) is 91.7 Å². The minimum Gasteiger partial charge on any atom is -0.465 e. The fraction of sp³-hybridized carbons (Fsp3) is 0.778. The maximum atomic E-state index is 6.65. The van der Waals surface area contributed by atoms with Crippen LogP contribution in [-0.2, 0) is 4.74 Å². The summed E-state index contributed by atoms with van der Waals surface area (Å²) in [5.41, 5.74) is 1.44. The number of fused-ring (bicyclic) bond motifs is 5. The van der Waals surface area contributed by atoms with E-state index in [4.69, 9.17) is 9.47 Å². The average Bonchev–Trinajstić information content (AvgIpc) is 3.39. The van der Waals surface area contributed by atoms with Crippen molar-refractivity contribution in [2.75, 3.05) is 0 Å². The Morgan fingerprint density at radius 2 is 1.66 bits per heavy atom. The zero-order chi connectivity index (χ0) is 20.5. The van der Waals surface area contributed by atoms with E-state index in [1.165, 1.54) is 50.5 Å². The van der Waals surface area contributed by atoms with Crippen molar-refractivity contribution in [3.05, 3.63) is 29.8 Å². The molecule has 2 heteroatoms. The van der Waals surface area contributed by atoms with Crippen molar-refractivity contribution in [3.8, 4) is 5.75 Å². The van der Waals surface area contributed by atoms with E-state index in [2.05, 4.69) is 58.9 Å². The first-order valence-electron chi connectivity index (χ1n) is 12.4. The number of hydrogen-bond donors (Lipinski definition) is 0. The Bertz CT molecular complexity index is 649. The van der Waals surface area contributed by atoms with Gasteiger partial charge in [-0.3, -0.25) is 0 Å². The third-order valence-electron chi connectivity index (χ3n) is 8.07. The normalized spacial score (nSPS) is 32.7. The highest BCUT2D eigenvalue weighted by atomic mass is 16.7. The molecule has 3 aliphatic carbocycles.